The molecular formula is C37H35F10N5O4S. The summed E-state index contributed by atoms with van der Waals surface area (Å²) in [5.41, 5.74) is -9.67. The minimum atomic E-state index is -5.35. The van der Waals surface area contributed by atoms with Gasteiger partial charge in [-0.3, -0.25) is 19.5 Å². The molecular weight excluding hydrogens is 800 g/mol. The third-order valence-corrected chi connectivity index (χ3v) is 9.41. The Labute approximate surface area is 325 Å². The van der Waals surface area contributed by atoms with Crippen LogP contribution in [-0.2, 0) is 26.7 Å². The van der Waals surface area contributed by atoms with Crippen LogP contribution in [0.4, 0.5) is 55.3 Å². The number of nitriles is 1. The van der Waals surface area contributed by atoms with Crippen LogP contribution in [0.5, 0.6) is 5.75 Å². The lowest BCUT2D eigenvalue weighted by Gasteiger charge is -2.29. The first kappa shape index (κ1) is 44.7. The van der Waals surface area contributed by atoms with E-state index in [4.69, 9.17) is 27.0 Å². The highest BCUT2D eigenvalue weighted by Crippen LogP contribution is 2.44. The summed E-state index contributed by atoms with van der Waals surface area (Å²) in [6.45, 7) is 7.43. The minimum absolute atomic E-state index is 0.235. The number of halogens is 10. The standard InChI is InChI=1S/C37H35F10N5O4S/c1-19(33(2,3)4)50-27(53)17-55-12-11-35(40,41)18-56-22-8-9-23(24(14-22)36(42,43)44)30-25(38)13-21(16-49-30)52-32(57)51(31(54)34(52,5)6)26-10-7-20(15-48)28(29(26)39)37(45,46)47/h7-10,13-14,16,19H,11-12,17-18H2,1-6H3,(H,50,53). The fourth-order valence-corrected chi connectivity index (χ4v) is 6.01. The van der Waals surface area contributed by atoms with E-state index in [0.29, 0.717) is 23.1 Å². The molecule has 1 unspecified atom stereocenters. The minimum Gasteiger partial charge on any atom is -0.487 e. The average molecular weight is 836 g/mol. The maximum absolute atomic E-state index is 15.7. The second-order valence-electron chi connectivity index (χ2n) is 14.6. The smallest absolute Gasteiger partial charge is 0.420 e. The topological polar surface area (TPSA) is 108 Å². The van der Waals surface area contributed by atoms with Crippen LogP contribution in [0, 0.1) is 28.4 Å². The van der Waals surface area contributed by atoms with Crippen LogP contribution in [0.1, 0.15) is 64.7 Å². The van der Waals surface area contributed by atoms with Crippen molar-refractivity contribution in [2.24, 2.45) is 5.41 Å². The van der Waals surface area contributed by atoms with E-state index in [1.165, 1.54) is 19.9 Å². The van der Waals surface area contributed by atoms with E-state index < -0.39 is 118 Å². The van der Waals surface area contributed by atoms with Crippen molar-refractivity contribution in [2.75, 3.05) is 29.6 Å². The Morgan fingerprint density at radius 2 is 1.67 bits per heavy atom. The van der Waals surface area contributed by atoms with Crippen molar-refractivity contribution in [1.29, 1.82) is 5.26 Å². The maximum Gasteiger partial charge on any atom is 0.420 e. The van der Waals surface area contributed by atoms with E-state index >= 15 is 8.78 Å². The van der Waals surface area contributed by atoms with Crippen LogP contribution in [0.25, 0.3) is 11.3 Å². The highest BCUT2D eigenvalue weighted by molar-refractivity contribution is 7.81. The van der Waals surface area contributed by atoms with Gasteiger partial charge in [-0.2, -0.15) is 31.6 Å². The van der Waals surface area contributed by atoms with Crippen molar-refractivity contribution >= 4 is 40.5 Å². The number of nitrogens with zero attached hydrogens (tertiary/aromatic N) is 4. The quantitative estimate of drug-likeness (QED) is 0.110. The molecule has 1 fully saturated rings. The number of pyridine rings is 1. The van der Waals surface area contributed by atoms with Crippen molar-refractivity contribution in [1.82, 2.24) is 10.3 Å². The van der Waals surface area contributed by atoms with Gasteiger partial charge in [0.1, 0.15) is 29.2 Å². The summed E-state index contributed by atoms with van der Waals surface area (Å²) in [7, 11) is 0. The van der Waals surface area contributed by atoms with Crippen molar-refractivity contribution in [3.63, 3.8) is 0 Å². The fraction of sp³-hybridized carbons (Fsp3) is 0.432. The fourth-order valence-electron chi connectivity index (χ4n) is 5.50. The Balaban J connectivity index is 1.54. The number of thiocarbonyl (C=S) groups is 1. The zero-order valence-electron chi connectivity index (χ0n) is 31.1. The number of carbonyl (C=O) groups excluding carboxylic acids is 2. The molecule has 4 rings (SSSR count). The molecule has 1 aromatic heterocycles. The van der Waals surface area contributed by atoms with E-state index in [9.17, 15) is 44.7 Å². The summed E-state index contributed by atoms with van der Waals surface area (Å²) in [6.07, 6.45) is -10.6. The zero-order chi connectivity index (χ0) is 43.1. The predicted molar refractivity (Wildman–Crippen MR) is 190 cm³/mol. The number of carbonyl (C=O) groups is 2. The first-order chi connectivity index (χ1) is 26.1. The highest BCUT2D eigenvalue weighted by atomic mass is 32.1. The van der Waals surface area contributed by atoms with Gasteiger partial charge in [0, 0.05) is 24.1 Å². The van der Waals surface area contributed by atoms with Gasteiger partial charge in [-0.05, 0) is 68.7 Å². The van der Waals surface area contributed by atoms with Gasteiger partial charge in [0.2, 0.25) is 5.91 Å². The van der Waals surface area contributed by atoms with Gasteiger partial charge in [0.25, 0.3) is 11.8 Å². The molecule has 57 heavy (non-hydrogen) atoms. The Kier molecular flexibility index (Phi) is 12.6. The Bertz CT molecular complexity index is 2090. The summed E-state index contributed by atoms with van der Waals surface area (Å²) < 4.78 is 154. The largest absolute Gasteiger partial charge is 0.487 e. The molecule has 308 valence electrons. The number of anilines is 2. The molecule has 0 saturated carbocycles. The zero-order valence-corrected chi connectivity index (χ0v) is 31.9. The van der Waals surface area contributed by atoms with Crippen molar-refractivity contribution < 1.29 is 63.0 Å². The van der Waals surface area contributed by atoms with E-state index in [-0.39, 0.29) is 17.1 Å². The number of ether oxygens (including phenoxy) is 2. The Morgan fingerprint density at radius 3 is 2.23 bits per heavy atom. The molecule has 9 nitrogen and oxygen atoms in total. The van der Waals surface area contributed by atoms with E-state index in [1.807, 2.05) is 20.8 Å². The lowest BCUT2D eigenvalue weighted by molar-refractivity contribution is -0.140. The number of nitrogens with one attached hydrogen (secondary N) is 1. The molecule has 0 radical (unpaired) electrons. The van der Waals surface area contributed by atoms with Crippen LogP contribution >= 0.6 is 12.2 Å². The molecule has 2 heterocycles. The van der Waals surface area contributed by atoms with Crippen molar-refractivity contribution in [2.45, 2.75) is 77.8 Å². The third kappa shape index (κ3) is 9.75. The van der Waals surface area contributed by atoms with Gasteiger partial charge in [0.05, 0.1) is 41.4 Å². The van der Waals surface area contributed by atoms with E-state index in [0.717, 1.165) is 29.3 Å². The van der Waals surface area contributed by atoms with Crippen molar-refractivity contribution in [3.05, 3.63) is 70.9 Å². The lowest BCUT2D eigenvalue weighted by atomic mass is 9.88. The predicted octanol–water partition coefficient (Wildman–Crippen LogP) is 8.82. The molecule has 0 aliphatic carbocycles. The van der Waals surface area contributed by atoms with Crippen molar-refractivity contribution in [3.8, 4) is 23.1 Å². The summed E-state index contributed by atoms with van der Waals surface area (Å²) in [6, 6.07) is 4.99. The number of benzene rings is 2. The molecule has 2 amide bonds. The van der Waals surface area contributed by atoms with E-state index in [2.05, 4.69) is 10.3 Å². The van der Waals surface area contributed by atoms with Gasteiger partial charge in [-0.15, -0.1) is 0 Å². The second-order valence-corrected chi connectivity index (χ2v) is 14.9. The number of hydrogen-bond donors (Lipinski definition) is 1. The number of amides is 2. The van der Waals surface area contributed by atoms with Gasteiger partial charge >= 0.3 is 12.4 Å². The lowest BCUT2D eigenvalue weighted by Crippen LogP contribution is -2.44. The molecule has 1 saturated heterocycles. The number of rotatable bonds is 12. The van der Waals surface area contributed by atoms with Crippen LogP contribution in [0.3, 0.4) is 0 Å². The molecule has 3 aromatic rings. The molecule has 2 aromatic carbocycles. The Morgan fingerprint density at radius 1 is 1.02 bits per heavy atom. The average Bonchev–Trinajstić information content (AvgIpc) is 3.26. The van der Waals surface area contributed by atoms with Crippen LogP contribution in [-0.4, -0.2) is 59.2 Å². The second kappa shape index (κ2) is 16.1. The third-order valence-electron chi connectivity index (χ3n) is 9.04. The molecule has 1 aliphatic rings. The SMILES string of the molecule is CC(NC(=O)COCCC(F)(F)COc1ccc(-c2ncc(N3C(=S)N(c4ccc(C#N)c(C(F)(F)F)c4F)C(=O)C3(C)C)cc2F)c(C(F)(F)F)c1)C(C)(C)C. The van der Waals surface area contributed by atoms with Gasteiger partial charge < -0.3 is 19.7 Å². The van der Waals surface area contributed by atoms with Crippen LogP contribution < -0.4 is 19.9 Å². The molecule has 1 atom stereocenters. The van der Waals surface area contributed by atoms with Gasteiger partial charge in [0.15, 0.2) is 23.4 Å². The first-order valence-electron chi connectivity index (χ1n) is 16.8. The summed E-state index contributed by atoms with van der Waals surface area (Å²) in [5.74, 6) is -9.22. The van der Waals surface area contributed by atoms with Gasteiger partial charge in [-0.25, -0.2) is 17.6 Å². The maximum atomic E-state index is 15.7. The highest BCUT2D eigenvalue weighted by Gasteiger charge is 2.52. The number of alkyl halides is 8. The molecule has 1 N–H and O–H groups in total. The molecule has 20 heteroatoms. The first-order valence-corrected chi connectivity index (χ1v) is 17.3. The monoisotopic (exact) mass is 835 g/mol. The molecule has 0 spiro atoms. The van der Waals surface area contributed by atoms with E-state index in [1.54, 1.807) is 6.92 Å². The van der Waals surface area contributed by atoms with Gasteiger partial charge in [-0.1, -0.05) is 20.8 Å². The molecule has 0 bridgehead atoms. The van der Waals surface area contributed by atoms with Crippen LogP contribution in [0.2, 0.25) is 0 Å². The summed E-state index contributed by atoms with van der Waals surface area (Å²) in [4.78, 5) is 30.6. The molecule has 1 aliphatic heterocycles. The number of aromatic nitrogens is 1. The van der Waals surface area contributed by atoms with Crippen LogP contribution in [0.15, 0.2) is 42.6 Å². The summed E-state index contributed by atoms with van der Waals surface area (Å²) in [5, 5.41) is 11.1. The number of hydrogen-bond acceptors (Lipinski definition) is 7. The Hall–Kier alpha value is -5.03. The normalized spacial score (nSPS) is 15.5. The summed E-state index contributed by atoms with van der Waals surface area (Å²) >= 11 is 5.31.